The number of carbonyl (C=O) groups excluding carboxylic acids is 1. The number of phenolic OH excluding ortho intramolecular Hbond substituents is 1. The fraction of sp³-hybridized carbons (Fsp3) is 0. The minimum absolute atomic E-state index is 0.0702. The Balaban J connectivity index is 1.82. The average molecular weight is 331 g/mol. The van der Waals surface area contributed by atoms with Crippen molar-refractivity contribution in [1.29, 1.82) is 0 Å². The molecule has 1 aromatic heterocycles. The summed E-state index contributed by atoms with van der Waals surface area (Å²) >= 11 is 0. The van der Waals surface area contributed by atoms with E-state index in [0.717, 1.165) is 0 Å². The van der Waals surface area contributed by atoms with Crippen LogP contribution in [0.2, 0.25) is 0 Å². The summed E-state index contributed by atoms with van der Waals surface area (Å²) in [5.41, 5.74) is 0.245. The summed E-state index contributed by atoms with van der Waals surface area (Å²) in [7, 11) is 0. The van der Waals surface area contributed by atoms with Gasteiger partial charge in [-0.25, -0.2) is 4.79 Å². The van der Waals surface area contributed by atoms with Gasteiger partial charge in [-0.2, -0.15) is 0 Å². The maximum atomic E-state index is 12.3. The van der Waals surface area contributed by atoms with Gasteiger partial charge >= 0.3 is 5.63 Å². The van der Waals surface area contributed by atoms with Crippen LogP contribution < -0.4 is 10.9 Å². The molecule has 4 aromatic rings. The predicted octanol–water partition coefficient (Wildman–Crippen LogP) is 3.90. The Labute approximate surface area is 142 Å². The van der Waals surface area contributed by atoms with Gasteiger partial charge in [0.1, 0.15) is 17.0 Å². The summed E-state index contributed by atoms with van der Waals surface area (Å²) in [4.78, 5) is 24.5. The van der Waals surface area contributed by atoms with Crippen molar-refractivity contribution < 1.29 is 14.3 Å². The number of rotatable bonds is 2. The lowest BCUT2D eigenvalue weighted by Gasteiger charge is -2.07. The Kier molecular flexibility index (Phi) is 3.47. The first-order valence-electron chi connectivity index (χ1n) is 7.68. The Bertz CT molecular complexity index is 1160. The second-order valence-corrected chi connectivity index (χ2v) is 5.62. The molecule has 5 nitrogen and oxygen atoms in total. The minimum Gasteiger partial charge on any atom is -0.507 e. The van der Waals surface area contributed by atoms with E-state index in [1.54, 1.807) is 60.7 Å². The van der Waals surface area contributed by atoms with Crippen LogP contribution in [0.5, 0.6) is 5.75 Å². The zero-order valence-corrected chi connectivity index (χ0v) is 13.0. The van der Waals surface area contributed by atoms with Gasteiger partial charge in [-0.15, -0.1) is 0 Å². The van der Waals surface area contributed by atoms with E-state index in [1.807, 2.05) is 6.07 Å². The van der Waals surface area contributed by atoms with E-state index in [4.69, 9.17) is 4.42 Å². The van der Waals surface area contributed by atoms with Crippen LogP contribution in [-0.2, 0) is 0 Å². The van der Waals surface area contributed by atoms with Crippen LogP contribution in [0.1, 0.15) is 10.4 Å². The van der Waals surface area contributed by atoms with E-state index in [-0.39, 0.29) is 17.3 Å². The van der Waals surface area contributed by atoms with Crippen molar-refractivity contribution in [1.82, 2.24) is 0 Å². The van der Waals surface area contributed by atoms with Crippen molar-refractivity contribution in [3.63, 3.8) is 0 Å². The van der Waals surface area contributed by atoms with Crippen LogP contribution in [-0.4, -0.2) is 11.0 Å². The molecule has 0 saturated carbocycles. The molecule has 0 saturated heterocycles. The molecule has 0 fully saturated rings. The van der Waals surface area contributed by atoms with Crippen LogP contribution in [0.25, 0.3) is 21.7 Å². The summed E-state index contributed by atoms with van der Waals surface area (Å²) in [5.74, 6) is -0.269. The highest BCUT2D eigenvalue weighted by Gasteiger charge is 2.13. The smallest absolute Gasteiger partial charge is 0.360 e. The van der Waals surface area contributed by atoms with Gasteiger partial charge in [-0.3, -0.25) is 4.79 Å². The first kappa shape index (κ1) is 15.0. The molecule has 4 rings (SSSR count). The van der Waals surface area contributed by atoms with Crippen LogP contribution >= 0.6 is 0 Å². The number of amides is 1. The molecule has 122 valence electrons. The zero-order valence-electron chi connectivity index (χ0n) is 13.0. The SMILES string of the molecule is O=C(Nc1cc2ccc3c(O)cccc3c2oc1=O)c1ccccc1. The van der Waals surface area contributed by atoms with Gasteiger partial charge < -0.3 is 14.8 Å². The molecule has 0 aliphatic heterocycles. The number of aromatic hydroxyl groups is 1. The summed E-state index contributed by atoms with van der Waals surface area (Å²) in [6.07, 6.45) is 0. The van der Waals surface area contributed by atoms with E-state index < -0.39 is 5.63 Å². The number of benzene rings is 3. The molecule has 5 heteroatoms. The number of hydrogen-bond donors (Lipinski definition) is 2. The first-order valence-corrected chi connectivity index (χ1v) is 7.68. The van der Waals surface area contributed by atoms with E-state index in [1.165, 1.54) is 0 Å². The van der Waals surface area contributed by atoms with E-state index in [0.29, 0.717) is 27.3 Å². The largest absolute Gasteiger partial charge is 0.507 e. The minimum atomic E-state index is -0.646. The normalized spacial score (nSPS) is 10.9. The van der Waals surface area contributed by atoms with E-state index in [9.17, 15) is 14.7 Å². The lowest BCUT2D eigenvalue weighted by atomic mass is 10.1. The highest BCUT2D eigenvalue weighted by atomic mass is 16.4. The third-order valence-electron chi connectivity index (χ3n) is 4.02. The predicted molar refractivity (Wildman–Crippen MR) is 96.0 cm³/mol. The third-order valence-corrected chi connectivity index (χ3v) is 4.02. The molecule has 2 N–H and O–H groups in total. The fourth-order valence-corrected chi connectivity index (χ4v) is 2.79. The molecule has 0 spiro atoms. The molecule has 0 bridgehead atoms. The van der Waals surface area contributed by atoms with Crippen molar-refractivity contribution in [3.8, 4) is 5.75 Å². The van der Waals surface area contributed by atoms with Crippen molar-refractivity contribution in [2.75, 3.05) is 5.32 Å². The standard InChI is InChI=1S/C20H13NO4/c22-17-8-4-7-15-14(17)10-9-13-11-16(20(24)25-18(13)15)21-19(23)12-5-2-1-3-6-12/h1-11,22H,(H,21,23). The summed E-state index contributed by atoms with van der Waals surface area (Å²) in [6, 6.07) is 18.7. The van der Waals surface area contributed by atoms with E-state index in [2.05, 4.69) is 5.32 Å². The zero-order chi connectivity index (χ0) is 17.4. The van der Waals surface area contributed by atoms with Gasteiger partial charge in [0.25, 0.3) is 5.91 Å². The molecule has 0 atom stereocenters. The van der Waals surface area contributed by atoms with Crippen molar-refractivity contribution >= 4 is 33.3 Å². The molecule has 0 aliphatic carbocycles. The lowest BCUT2D eigenvalue weighted by molar-refractivity contribution is 0.102. The summed E-state index contributed by atoms with van der Waals surface area (Å²) in [5, 5.41) is 14.4. The van der Waals surface area contributed by atoms with Gasteiger partial charge in [-0.05, 0) is 30.3 Å². The fourth-order valence-electron chi connectivity index (χ4n) is 2.79. The van der Waals surface area contributed by atoms with E-state index >= 15 is 0 Å². The number of fused-ring (bicyclic) bond motifs is 3. The highest BCUT2D eigenvalue weighted by Crippen LogP contribution is 2.31. The van der Waals surface area contributed by atoms with Gasteiger partial charge in [-0.1, -0.05) is 36.4 Å². The monoisotopic (exact) mass is 331 g/mol. The molecule has 0 unspecified atom stereocenters. The van der Waals surface area contributed by atoms with Crippen molar-refractivity contribution in [2.24, 2.45) is 0 Å². The second-order valence-electron chi connectivity index (χ2n) is 5.62. The van der Waals surface area contributed by atoms with Gasteiger partial charge in [0.15, 0.2) is 0 Å². The van der Waals surface area contributed by atoms with Gasteiger partial charge in [0, 0.05) is 21.7 Å². The third kappa shape index (κ3) is 2.61. The number of anilines is 1. The van der Waals surface area contributed by atoms with Gasteiger partial charge in [0.2, 0.25) is 0 Å². The van der Waals surface area contributed by atoms with Crippen molar-refractivity contribution in [2.45, 2.75) is 0 Å². The molecule has 0 radical (unpaired) electrons. The second kappa shape index (κ2) is 5.79. The Hall–Kier alpha value is -3.60. The quantitative estimate of drug-likeness (QED) is 0.431. The topological polar surface area (TPSA) is 79.5 Å². The number of hydrogen-bond acceptors (Lipinski definition) is 4. The van der Waals surface area contributed by atoms with Gasteiger partial charge in [0.05, 0.1) is 0 Å². The summed E-state index contributed by atoms with van der Waals surface area (Å²) in [6.45, 7) is 0. The maximum absolute atomic E-state index is 12.3. The molecule has 25 heavy (non-hydrogen) atoms. The van der Waals surface area contributed by atoms with Crippen LogP contribution in [0.3, 0.4) is 0 Å². The Morgan fingerprint density at radius 3 is 2.52 bits per heavy atom. The molecule has 1 heterocycles. The first-order chi connectivity index (χ1) is 12.1. The molecule has 0 aliphatic rings. The summed E-state index contributed by atoms with van der Waals surface area (Å²) < 4.78 is 5.42. The highest BCUT2D eigenvalue weighted by molar-refractivity contribution is 6.08. The maximum Gasteiger partial charge on any atom is 0.360 e. The average Bonchev–Trinajstić information content (AvgIpc) is 2.63. The number of carbonyl (C=O) groups is 1. The van der Waals surface area contributed by atoms with Crippen LogP contribution in [0.4, 0.5) is 5.69 Å². The lowest BCUT2D eigenvalue weighted by Crippen LogP contribution is -2.17. The van der Waals surface area contributed by atoms with Crippen LogP contribution in [0.15, 0.2) is 75.9 Å². The number of nitrogens with one attached hydrogen (secondary N) is 1. The molecule has 3 aromatic carbocycles. The number of phenols is 1. The Morgan fingerprint density at radius 1 is 0.920 bits per heavy atom. The van der Waals surface area contributed by atoms with Crippen LogP contribution in [0, 0.1) is 0 Å². The van der Waals surface area contributed by atoms with Crippen molar-refractivity contribution in [3.05, 3.63) is 82.7 Å². The molecular weight excluding hydrogens is 318 g/mol. The Morgan fingerprint density at radius 2 is 1.72 bits per heavy atom. The molecular formula is C20H13NO4. The molecule has 1 amide bonds.